The molecule has 1 amide bonds. The van der Waals surface area contributed by atoms with E-state index in [0.29, 0.717) is 6.04 Å². The van der Waals surface area contributed by atoms with Gasteiger partial charge in [0.2, 0.25) is 5.91 Å². The first kappa shape index (κ1) is 22.3. The van der Waals surface area contributed by atoms with E-state index in [0.717, 1.165) is 60.4 Å². The fourth-order valence-corrected chi connectivity index (χ4v) is 5.94. The van der Waals surface area contributed by atoms with Crippen molar-refractivity contribution in [3.8, 4) is 0 Å². The van der Waals surface area contributed by atoms with Gasteiger partial charge in [-0.1, -0.05) is 17.7 Å². The van der Waals surface area contributed by atoms with Crippen LogP contribution in [0.5, 0.6) is 0 Å². The molecule has 2 fully saturated rings. The van der Waals surface area contributed by atoms with E-state index in [1.807, 2.05) is 23.4 Å². The molecule has 7 nitrogen and oxygen atoms in total. The van der Waals surface area contributed by atoms with Gasteiger partial charge in [0.05, 0.1) is 12.6 Å². The number of pyridine rings is 1. The molecule has 3 heterocycles. The van der Waals surface area contributed by atoms with Gasteiger partial charge in [0.25, 0.3) is 0 Å². The number of fused-ring (bicyclic) bond motifs is 1. The van der Waals surface area contributed by atoms with E-state index in [1.54, 1.807) is 12.4 Å². The van der Waals surface area contributed by atoms with Crippen molar-refractivity contribution >= 4 is 33.8 Å². The highest BCUT2D eigenvalue weighted by Crippen LogP contribution is 2.40. The number of benzene rings is 1. The molecule has 3 aromatic rings. The highest BCUT2D eigenvalue weighted by atomic mass is 32.1. The van der Waals surface area contributed by atoms with Gasteiger partial charge >= 0.3 is 0 Å². The normalized spacial score (nSPS) is 23.9. The predicted molar refractivity (Wildman–Crippen MR) is 132 cm³/mol. The summed E-state index contributed by atoms with van der Waals surface area (Å²) in [7, 11) is 1.92. The number of anilines is 1. The summed E-state index contributed by atoms with van der Waals surface area (Å²) < 4.78 is 0. The number of likely N-dealkylation sites (tertiary alicyclic amines) is 1. The maximum absolute atomic E-state index is 12.7. The minimum Gasteiger partial charge on any atom is -0.383 e. The number of carbonyl (C=O) groups is 1. The molecule has 1 aliphatic carbocycles. The lowest BCUT2D eigenvalue weighted by atomic mass is 9.81. The Hall–Kier alpha value is -2.55. The molecule has 0 bridgehead atoms. The van der Waals surface area contributed by atoms with Crippen molar-refractivity contribution in [1.82, 2.24) is 20.2 Å². The second-order valence-electron chi connectivity index (χ2n) is 9.53. The van der Waals surface area contributed by atoms with Crippen molar-refractivity contribution in [2.45, 2.75) is 50.3 Å². The molecule has 174 valence electrons. The molecule has 5 rings (SSSR count). The zero-order valence-electron chi connectivity index (χ0n) is 19.2. The number of likely N-dealkylation sites (N-methyl/N-ethyl adjacent to an activating group) is 1. The summed E-state index contributed by atoms with van der Waals surface area (Å²) in [6.07, 6.45) is 6.99. The number of hydrogen-bond donors (Lipinski definition) is 2. The lowest BCUT2D eigenvalue weighted by molar-refractivity contribution is -0.122. The highest BCUT2D eigenvalue weighted by Gasteiger charge is 2.41. The zero-order chi connectivity index (χ0) is 23.0. The topological polar surface area (TPSA) is 81.6 Å². The van der Waals surface area contributed by atoms with Crippen LogP contribution in [0, 0.1) is 6.92 Å². The quantitative estimate of drug-likeness (QED) is 0.582. The standard InChI is InChI=1S/C25H31N5O2S/c1-17-3-4-18-7-10-26-23(21(18)13-17)29(2)16-22(31)28-19-14-30(15-19)20-5-8-25(32,9-6-20)24-27-11-12-33-24/h3-4,7,10-13,19-20,32H,5-6,8-9,14-16H2,1-2H3,(H,28,31)/t20-,25-. The van der Waals surface area contributed by atoms with Gasteiger partial charge in [-0.3, -0.25) is 9.69 Å². The fourth-order valence-electron chi connectivity index (χ4n) is 5.15. The third-order valence-corrected chi connectivity index (χ3v) is 8.01. The van der Waals surface area contributed by atoms with E-state index < -0.39 is 5.60 Å². The molecule has 0 spiro atoms. The number of amides is 1. The zero-order valence-corrected chi connectivity index (χ0v) is 20.0. The summed E-state index contributed by atoms with van der Waals surface area (Å²) in [6, 6.07) is 8.97. The molecule has 33 heavy (non-hydrogen) atoms. The van der Waals surface area contributed by atoms with E-state index >= 15 is 0 Å². The number of hydrogen-bond acceptors (Lipinski definition) is 7. The Bertz CT molecular complexity index is 1120. The summed E-state index contributed by atoms with van der Waals surface area (Å²) >= 11 is 1.54. The molecule has 0 atom stereocenters. The molecule has 0 radical (unpaired) electrons. The van der Waals surface area contributed by atoms with Crippen LogP contribution in [0.2, 0.25) is 0 Å². The largest absolute Gasteiger partial charge is 0.383 e. The summed E-state index contributed by atoms with van der Waals surface area (Å²) in [5, 5.41) is 19.1. The fraction of sp³-hybridized carbons (Fsp3) is 0.480. The van der Waals surface area contributed by atoms with E-state index in [1.165, 1.54) is 16.9 Å². The number of nitrogens with one attached hydrogen (secondary N) is 1. The minimum atomic E-state index is -0.762. The van der Waals surface area contributed by atoms with Gasteiger partial charge in [-0.25, -0.2) is 9.97 Å². The molecule has 2 aromatic heterocycles. The van der Waals surface area contributed by atoms with Crippen molar-refractivity contribution in [1.29, 1.82) is 0 Å². The first-order valence-corrected chi connectivity index (χ1v) is 12.5. The average molecular weight is 466 g/mol. The third kappa shape index (κ3) is 4.60. The number of nitrogens with zero attached hydrogens (tertiary/aromatic N) is 4. The Kier molecular flexibility index (Phi) is 6.07. The molecule has 2 aliphatic rings. The van der Waals surface area contributed by atoms with Gasteiger partial charge in [-0.2, -0.15) is 0 Å². The maximum atomic E-state index is 12.7. The summed E-state index contributed by atoms with van der Waals surface area (Å²) in [6.45, 7) is 4.10. The van der Waals surface area contributed by atoms with E-state index in [9.17, 15) is 9.90 Å². The molecular formula is C25H31N5O2S. The predicted octanol–water partition coefficient (Wildman–Crippen LogP) is 3.07. The first-order valence-electron chi connectivity index (χ1n) is 11.6. The number of aliphatic hydroxyl groups is 1. The molecule has 1 saturated heterocycles. The van der Waals surface area contributed by atoms with Crippen LogP contribution in [0.15, 0.2) is 42.0 Å². The minimum absolute atomic E-state index is 0.0235. The van der Waals surface area contributed by atoms with Crippen LogP contribution < -0.4 is 10.2 Å². The van der Waals surface area contributed by atoms with Gasteiger partial charge in [-0.05, 0) is 50.1 Å². The van der Waals surface area contributed by atoms with Gasteiger partial charge in [-0.15, -0.1) is 11.3 Å². The van der Waals surface area contributed by atoms with E-state index in [-0.39, 0.29) is 18.5 Å². The van der Waals surface area contributed by atoms with Crippen LogP contribution in [0.25, 0.3) is 10.8 Å². The van der Waals surface area contributed by atoms with Crippen LogP contribution in [0.4, 0.5) is 5.82 Å². The maximum Gasteiger partial charge on any atom is 0.239 e. The van der Waals surface area contributed by atoms with Gasteiger partial charge in [0, 0.05) is 49.3 Å². The van der Waals surface area contributed by atoms with Crippen molar-refractivity contribution in [2.75, 3.05) is 31.6 Å². The average Bonchev–Trinajstić information content (AvgIpc) is 3.32. The molecule has 0 unspecified atom stereocenters. The molecule has 1 aliphatic heterocycles. The Morgan fingerprint density at radius 2 is 2.03 bits per heavy atom. The first-order chi connectivity index (χ1) is 15.9. The number of aromatic nitrogens is 2. The van der Waals surface area contributed by atoms with E-state index in [4.69, 9.17) is 0 Å². The summed E-state index contributed by atoms with van der Waals surface area (Å²) in [5.74, 6) is 0.854. The van der Waals surface area contributed by atoms with Crippen molar-refractivity contribution in [3.05, 3.63) is 52.6 Å². The molecule has 1 aromatic carbocycles. The van der Waals surface area contributed by atoms with Crippen LogP contribution in [0.1, 0.15) is 36.3 Å². The molecular weight excluding hydrogens is 434 g/mol. The molecule has 1 saturated carbocycles. The summed E-state index contributed by atoms with van der Waals surface area (Å²) in [4.78, 5) is 25.9. The Morgan fingerprint density at radius 1 is 1.24 bits per heavy atom. The lowest BCUT2D eigenvalue weighted by Gasteiger charge is -2.48. The number of carbonyl (C=O) groups excluding carboxylic acids is 1. The molecule has 8 heteroatoms. The Balaban J connectivity index is 1.10. The van der Waals surface area contributed by atoms with Crippen LogP contribution in [0.3, 0.4) is 0 Å². The van der Waals surface area contributed by atoms with Crippen LogP contribution in [-0.2, 0) is 10.4 Å². The van der Waals surface area contributed by atoms with Crippen molar-refractivity contribution in [2.24, 2.45) is 0 Å². The van der Waals surface area contributed by atoms with Gasteiger partial charge in [0.1, 0.15) is 16.4 Å². The Morgan fingerprint density at radius 3 is 2.76 bits per heavy atom. The van der Waals surface area contributed by atoms with Gasteiger partial charge in [0.15, 0.2) is 0 Å². The van der Waals surface area contributed by atoms with E-state index in [2.05, 4.69) is 45.3 Å². The second-order valence-corrected chi connectivity index (χ2v) is 10.4. The highest BCUT2D eigenvalue weighted by molar-refractivity contribution is 7.09. The Labute approximate surface area is 198 Å². The smallest absolute Gasteiger partial charge is 0.239 e. The number of aryl methyl sites for hydroxylation is 1. The number of thiazole rings is 1. The molecule has 2 N–H and O–H groups in total. The third-order valence-electron chi connectivity index (χ3n) is 7.05. The summed E-state index contributed by atoms with van der Waals surface area (Å²) in [5.41, 5.74) is 0.416. The van der Waals surface area contributed by atoms with Crippen LogP contribution >= 0.6 is 11.3 Å². The lowest BCUT2D eigenvalue weighted by Crippen LogP contribution is -2.63. The second kappa shape index (κ2) is 9.00. The van der Waals surface area contributed by atoms with Gasteiger partial charge < -0.3 is 15.3 Å². The SMILES string of the molecule is Cc1ccc2ccnc(N(C)CC(=O)NC3CN([C@H]4CC[C@@](O)(c5nccs5)CC4)C3)c2c1. The van der Waals surface area contributed by atoms with Crippen LogP contribution in [-0.4, -0.2) is 64.6 Å². The van der Waals surface area contributed by atoms with Crippen molar-refractivity contribution < 1.29 is 9.90 Å². The van der Waals surface area contributed by atoms with Crippen molar-refractivity contribution in [3.63, 3.8) is 0 Å². The monoisotopic (exact) mass is 465 g/mol. The number of rotatable bonds is 6.